The van der Waals surface area contributed by atoms with Crippen LogP contribution in [0.1, 0.15) is 20.8 Å². The molecular formula is C24H35O6P. The molecule has 0 heterocycles. The molecule has 0 atom stereocenters. The Morgan fingerprint density at radius 2 is 1.06 bits per heavy atom. The highest BCUT2D eigenvalue weighted by Crippen LogP contribution is 2.51. The van der Waals surface area contributed by atoms with E-state index < -0.39 is 7.92 Å². The lowest BCUT2D eigenvalue weighted by molar-refractivity contribution is -0.00803. The normalized spacial score (nSPS) is 11.7. The second-order valence-electron chi connectivity index (χ2n) is 7.77. The number of para-hydroxylation sites is 2. The first-order valence-electron chi connectivity index (χ1n) is 10.4. The van der Waals surface area contributed by atoms with Gasteiger partial charge in [0.15, 0.2) is 13.6 Å². The summed E-state index contributed by atoms with van der Waals surface area (Å²) in [5, 5.41) is 2.27. The molecule has 0 aliphatic carbocycles. The maximum atomic E-state index is 6.01. The number of hydrogen-bond acceptors (Lipinski definition) is 6. The lowest BCUT2D eigenvalue weighted by atomic mass is 10.2. The van der Waals surface area contributed by atoms with Crippen LogP contribution in [0.2, 0.25) is 0 Å². The molecule has 172 valence electrons. The topological polar surface area (TPSA) is 55.4 Å². The van der Waals surface area contributed by atoms with Crippen molar-refractivity contribution in [1.29, 1.82) is 0 Å². The van der Waals surface area contributed by atoms with Crippen LogP contribution in [0.3, 0.4) is 0 Å². The Morgan fingerprint density at radius 1 is 0.645 bits per heavy atom. The number of ether oxygens (including phenoxy) is 6. The van der Waals surface area contributed by atoms with Crippen molar-refractivity contribution in [3.05, 3.63) is 48.5 Å². The van der Waals surface area contributed by atoms with Gasteiger partial charge in [-0.25, -0.2) is 0 Å². The van der Waals surface area contributed by atoms with Gasteiger partial charge in [0.25, 0.3) is 0 Å². The van der Waals surface area contributed by atoms with E-state index in [0.717, 1.165) is 22.1 Å². The molecular weight excluding hydrogens is 415 g/mol. The first-order chi connectivity index (χ1) is 15.0. The number of rotatable bonds is 14. The average Bonchev–Trinajstić information content (AvgIpc) is 2.74. The predicted octanol–water partition coefficient (Wildman–Crippen LogP) is 3.92. The minimum absolute atomic E-state index is 0.0257. The van der Waals surface area contributed by atoms with Crippen molar-refractivity contribution in [1.82, 2.24) is 0 Å². The Hall–Kier alpha value is -1.69. The molecule has 0 amide bonds. The zero-order valence-electron chi connectivity index (χ0n) is 19.3. The smallest absolute Gasteiger partial charge is 0.189 e. The lowest BCUT2D eigenvalue weighted by Crippen LogP contribution is -2.29. The molecule has 0 saturated carbocycles. The van der Waals surface area contributed by atoms with Gasteiger partial charge in [-0.3, -0.25) is 0 Å². The van der Waals surface area contributed by atoms with Crippen LogP contribution in [0.25, 0.3) is 0 Å². The summed E-state index contributed by atoms with van der Waals surface area (Å²) in [5.41, 5.74) is 0. The van der Waals surface area contributed by atoms with Crippen molar-refractivity contribution in [3.8, 4) is 11.5 Å². The van der Waals surface area contributed by atoms with E-state index >= 15 is 0 Å². The Balaban J connectivity index is 2.26. The summed E-state index contributed by atoms with van der Waals surface area (Å²) in [5.74, 6) is 1.65. The zero-order valence-corrected chi connectivity index (χ0v) is 20.2. The molecule has 6 nitrogen and oxygen atoms in total. The van der Waals surface area contributed by atoms with Gasteiger partial charge in [0.2, 0.25) is 0 Å². The summed E-state index contributed by atoms with van der Waals surface area (Å²) in [4.78, 5) is 0. The van der Waals surface area contributed by atoms with Gasteiger partial charge in [0.1, 0.15) is 11.5 Å². The molecule has 0 aromatic heterocycles. The molecule has 7 heteroatoms. The third-order valence-corrected chi connectivity index (χ3v) is 7.39. The van der Waals surface area contributed by atoms with Gasteiger partial charge in [-0.1, -0.05) is 57.2 Å². The third kappa shape index (κ3) is 8.40. The zero-order chi connectivity index (χ0) is 22.5. The Kier molecular flexibility index (Phi) is 11.3. The van der Waals surface area contributed by atoms with E-state index in [9.17, 15) is 0 Å². The molecule has 0 spiro atoms. The van der Waals surface area contributed by atoms with Crippen LogP contribution in [-0.4, -0.2) is 59.4 Å². The van der Waals surface area contributed by atoms with Gasteiger partial charge < -0.3 is 28.4 Å². The summed E-state index contributed by atoms with van der Waals surface area (Å²) in [6.45, 7) is 9.16. The minimum Gasteiger partial charge on any atom is -0.467 e. The molecule has 2 rings (SSSR count). The highest BCUT2D eigenvalue weighted by molar-refractivity contribution is 7.74. The van der Waals surface area contributed by atoms with E-state index in [4.69, 9.17) is 28.4 Å². The van der Waals surface area contributed by atoms with Crippen molar-refractivity contribution in [3.63, 3.8) is 0 Å². The number of methoxy groups -OCH3 is 2. The summed E-state index contributed by atoms with van der Waals surface area (Å²) < 4.78 is 33.1. The van der Waals surface area contributed by atoms with Crippen molar-refractivity contribution in [2.75, 3.05) is 54.2 Å². The highest BCUT2D eigenvalue weighted by atomic mass is 31.1. The quantitative estimate of drug-likeness (QED) is 0.247. The van der Waals surface area contributed by atoms with E-state index in [1.165, 1.54) is 0 Å². The first-order valence-corrected chi connectivity index (χ1v) is 11.7. The van der Waals surface area contributed by atoms with Crippen LogP contribution in [0.4, 0.5) is 0 Å². The second-order valence-corrected chi connectivity index (χ2v) is 10.7. The van der Waals surface area contributed by atoms with Gasteiger partial charge in [-0.2, -0.15) is 0 Å². The summed E-state index contributed by atoms with van der Waals surface area (Å²) in [7, 11) is 2.50. The van der Waals surface area contributed by atoms with Crippen LogP contribution in [0.15, 0.2) is 48.5 Å². The molecule has 0 radical (unpaired) electrons. The van der Waals surface area contributed by atoms with Gasteiger partial charge in [-0.15, -0.1) is 0 Å². The Bertz CT molecular complexity index is 704. The Labute approximate surface area is 187 Å². The second kappa shape index (κ2) is 13.7. The number of hydrogen-bond donors (Lipinski definition) is 0. The van der Waals surface area contributed by atoms with Crippen LogP contribution in [0.5, 0.6) is 11.5 Å². The maximum absolute atomic E-state index is 6.01. The van der Waals surface area contributed by atoms with Crippen LogP contribution < -0.4 is 20.1 Å². The summed E-state index contributed by atoms with van der Waals surface area (Å²) >= 11 is 0. The van der Waals surface area contributed by atoms with Crippen molar-refractivity contribution < 1.29 is 28.4 Å². The van der Waals surface area contributed by atoms with Crippen LogP contribution >= 0.6 is 7.92 Å². The largest absolute Gasteiger partial charge is 0.467 e. The third-order valence-electron chi connectivity index (χ3n) is 4.34. The van der Waals surface area contributed by atoms with E-state index in [1.54, 1.807) is 14.2 Å². The maximum Gasteiger partial charge on any atom is 0.189 e. The van der Waals surface area contributed by atoms with Gasteiger partial charge in [0.05, 0.1) is 26.4 Å². The predicted molar refractivity (Wildman–Crippen MR) is 125 cm³/mol. The monoisotopic (exact) mass is 450 g/mol. The fourth-order valence-electron chi connectivity index (χ4n) is 2.99. The molecule has 0 bridgehead atoms. The average molecular weight is 451 g/mol. The molecule has 0 N–H and O–H groups in total. The van der Waals surface area contributed by atoms with Crippen molar-refractivity contribution in [2.24, 2.45) is 0 Å². The van der Waals surface area contributed by atoms with Crippen LogP contribution in [-0.2, 0) is 18.9 Å². The first kappa shape index (κ1) is 25.6. The molecule has 0 aliphatic heterocycles. The standard InChI is InChI=1S/C24H35O6P/c1-24(2,3)31(22-12-8-6-10-20(22)29-18-27-16-14-25-4)23-13-9-7-11-21(23)30-19-28-17-15-26-5/h6-13H,14-19H2,1-5H3. The molecule has 2 aromatic rings. The molecule has 0 fully saturated rings. The number of benzene rings is 2. The fourth-order valence-corrected chi connectivity index (χ4v) is 5.89. The minimum atomic E-state index is -0.799. The van der Waals surface area contributed by atoms with E-state index in [0.29, 0.717) is 26.4 Å². The van der Waals surface area contributed by atoms with Gasteiger partial charge in [0, 0.05) is 24.8 Å². The van der Waals surface area contributed by atoms with Crippen molar-refractivity contribution >= 4 is 18.5 Å². The molecule has 0 unspecified atom stereocenters. The molecule has 2 aromatic carbocycles. The highest BCUT2D eigenvalue weighted by Gasteiger charge is 2.32. The van der Waals surface area contributed by atoms with Gasteiger partial charge >= 0.3 is 0 Å². The fraction of sp³-hybridized carbons (Fsp3) is 0.500. The van der Waals surface area contributed by atoms with Gasteiger partial charge in [-0.05, 0) is 25.2 Å². The lowest BCUT2D eigenvalue weighted by Gasteiger charge is -2.34. The van der Waals surface area contributed by atoms with E-state index in [-0.39, 0.29) is 18.7 Å². The van der Waals surface area contributed by atoms with E-state index in [1.807, 2.05) is 36.4 Å². The molecule has 31 heavy (non-hydrogen) atoms. The summed E-state index contributed by atoms with van der Waals surface area (Å²) in [6, 6.07) is 16.3. The van der Waals surface area contributed by atoms with Crippen LogP contribution in [0, 0.1) is 0 Å². The summed E-state index contributed by atoms with van der Waals surface area (Å²) in [6.07, 6.45) is 0. The SMILES string of the molecule is COCCOCOc1ccccc1P(c1ccccc1OCOCCOC)C(C)(C)C. The molecule has 0 aliphatic rings. The van der Waals surface area contributed by atoms with Crippen molar-refractivity contribution in [2.45, 2.75) is 25.9 Å². The Morgan fingerprint density at radius 3 is 1.45 bits per heavy atom. The van der Waals surface area contributed by atoms with E-state index in [2.05, 4.69) is 32.9 Å². The molecule has 0 saturated heterocycles.